The summed E-state index contributed by atoms with van der Waals surface area (Å²) in [5, 5.41) is 17.5. The fourth-order valence-corrected chi connectivity index (χ4v) is 1.16. The van der Waals surface area contributed by atoms with Crippen molar-refractivity contribution < 1.29 is 29.2 Å². The summed E-state index contributed by atoms with van der Waals surface area (Å²) in [6, 6.07) is 0. The van der Waals surface area contributed by atoms with Crippen LogP contribution in [-0.2, 0) is 14.2 Å². The fourth-order valence-electron chi connectivity index (χ4n) is 1.16. The molecule has 0 bridgehead atoms. The van der Waals surface area contributed by atoms with Crippen molar-refractivity contribution in [2.45, 2.75) is 24.7 Å². The highest BCUT2D eigenvalue weighted by atomic mass is 16.8. The van der Waals surface area contributed by atoms with E-state index in [4.69, 9.17) is 16.8 Å². The van der Waals surface area contributed by atoms with Gasteiger partial charge < -0.3 is 24.4 Å². The van der Waals surface area contributed by atoms with Crippen LogP contribution in [0.15, 0.2) is 0 Å². The first kappa shape index (κ1) is 11.2. The maximum Gasteiger partial charge on any atom is 0.510 e. The summed E-state index contributed by atoms with van der Waals surface area (Å²) >= 11 is 0. The van der Waals surface area contributed by atoms with Crippen molar-refractivity contribution in [1.29, 1.82) is 0 Å². The highest BCUT2D eigenvalue weighted by molar-refractivity contribution is 5.59. The van der Waals surface area contributed by atoms with Crippen LogP contribution >= 0.6 is 0 Å². The van der Waals surface area contributed by atoms with Gasteiger partial charge in [0.1, 0.15) is 12.7 Å². The molecule has 1 rings (SSSR count). The molecular formula is C8H12O6. The Morgan fingerprint density at radius 3 is 2.79 bits per heavy atom. The van der Waals surface area contributed by atoms with Gasteiger partial charge in [0, 0.05) is 6.42 Å². The van der Waals surface area contributed by atoms with Crippen LogP contribution in [0.2, 0.25) is 0 Å². The Balaban J connectivity index is 2.21. The molecule has 0 aromatic heterocycles. The van der Waals surface area contributed by atoms with E-state index in [1.54, 1.807) is 0 Å². The Kier molecular flexibility index (Phi) is 4.12. The van der Waals surface area contributed by atoms with Crippen LogP contribution in [0.1, 0.15) is 6.42 Å². The highest BCUT2D eigenvalue weighted by Crippen LogP contribution is 2.19. The van der Waals surface area contributed by atoms with E-state index in [9.17, 15) is 9.90 Å². The number of rotatable bonds is 3. The van der Waals surface area contributed by atoms with Gasteiger partial charge in [0.25, 0.3) is 0 Å². The molecule has 1 aliphatic heterocycles. The third-order valence-electron chi connectivity index (χ3n) is 1.80. The Bertz CT molecular complexity index is 194. The summed E-state index contributed by atoms with van der Waals surface area (Å²) in [6.07, 6.45) is -2.61. The van der Waals surface area contributed by atoms with Gasteiger partial charge in [-0.25, -0.2) is 4.79 Å². The summed E-state index contributed by atoms with van der Waals surface area (Å²) in [6.45, 7) is 4.50. The lowest BCUT2D eigenvalue weighted by Gasteiger charge is -2.13. The number of hydrogen-bond donors (Lipinski definition) is 2. The van der Waals surface area contributed by atoms with E-state index in [2.05, 4.69) is 9.47 Å². The molecule has 1 fully saturated rings. The van der Waals surface area contributed by atoms with Crippen molar-refractivity contribution in [3.8, 4) is 0 Å². The van der Waals surface area contributed by atoms with Gasteiger partial charge in [-0.15, -0.1) is 0 Å². The molecule has 2 radical (unpaired) electrons. The maximum atomic E-state index is 10.6. The fraction of sp³-hybridized carbons (Fsp3) is 0.750. The van der Waals surface area contributed by atoms with Crippen LogP contribution in [0.25, 0.3) is 0 Å². The summed E-state index contributed by atoms with van der Waals surface area (Å²) in [4.78, 5) is 10.6. The smallest absolute Gasteiger partial charge is 0.431 e. The minimum absolute atomic E-state index is 0.145. The molecule has 0 aliphatic carbocycles. The Morgan fingerprint density at radius 1 is 1.57 bits per heavy atom. The predicted molar refractivity (Wildman–Crippen MR) is 43.1 cm³/mol. The molecule has 0 spiro atoms. The first-order chi connectivity index (χ1) is 6.63. The quantitative estimate of drug-likeness (QED) is 0.468. The monoisotopic (exact) mass is 204 g/mol. The van der Waals surface area contributed by atoms with Crippen LogP contribution in [0.4, 0.5) is 4.79 Å². The zero-order valence-corrected chi connectivity index (χ0v) is 7.46. The normalized spacial score (nSPS) is 31.5. The summed E-state index contributed by atoms with van der Waals surface area (Å²) < 4.78 is 13.6. The zero-order chi connectivity index (χ0) is 10.6. The van der Waals surface area contributed by atoms with E-state index in [0.29, 0.717) is 6.42 Å². The first-order valence-corrected chi connectivity index (χ1v) is 4.13. The third-order valence-corrected chi connectivity index (χ3v) is 1.80. The van der Waals surface area contributed by atoms with E-state index in [0.717, 1.165) is 0 Å². The molecular weight excluding hydrogens is 192 g/mol. The standard InChI is InChI=1S/C8H12O6/c1-5-2-6(10)7(14-5)3-12-8(11)13-4-9/h1,5-7,9-10H,2-4H2/t5-,6+,7+/m0/s1. The molecule has 0 unspecified atom stereocenters. The van der Waals surface area contributed by atoms with Crippen molar-refractivity contribution >= 4 is 6.16 Å². The number of carbonyl (C=O) groups is 1. The minimum Gasteiger partial charge on any atom is -0.431 e. The van der Waals surface area contributed by atoms with Crippen LogP contribution in [-0.4, -0.2) is 48.1 Å². The summed E-state index contributed by atoms with van der Waals surface area (Å²) in [7, 11) is 0. The second-order valence-corrected chi connectivity index (χ2v) is 2.85. The van der Waals surface area contributed by atoms with Gasteiger partial charge in [-0.1, -0.05) is 0 Å². The van der Waals surface area contributed by atoms with E-state index < -0.39 is 31.3 Å². The van der Waals surface area contributed by atoms with Crippen molar-refractivity contribution in [2.75, 3.05) is 13.4 Å². The lowest BCUT2D eigenvalue weighted by Crippen LogP contribution is -2.28. The SMILES string of the molecule is [CH][C@H]1C[C@@H](O)[C@@H](COC(=O)OCO)O1. The third kappa shape index (κ3) is 3.13. The molecule has 0 aromatic carbocycles. The number of ether oxygens (including phenoxy) is 3. The van der Waals surface area contributed by atoms with Crippen molar-refractivity contribution in [3.63, 3.8) is 0 Å². The molecule has 80 valence electrons. The largest absolute Gasteiger partial charge is 0.510 e. The predicted octanol–water partition coefficient (Wildman–Crippen LogP) is -0.681. The number of hydrogen-bond acceptors (Lipinski definition) is 6. The average molecular weight is 204 g/mol. The van der Waals surface area contributed by atoms with Crippen LogP contribution in [0.3, 0.4) is 0 Å². The number of carbonyl (C=O) groups excluding carboxylic acids is 1. The van der Waals surface area contributed by atoms with Gasteiger partial charge in [-0.2, -0.15) is 0 Å². The van der Waals surface area contributed by atoms with Crippen LogP contribution in [0.5, 0.6) is 0 Å². The molecule has 1 aliphatic rings. The van der Waals surface area contributed by atoms with Crippen LogP contribution < -0.4 is 0 Å². The van der Waals surface area contributed by atoms with Gasteiger partial charge in [-0.3, -0.25) is 0 Å². The molecule has 14 heavy (non-hydrogen) atoms. The number of aliphatic hydroxyl groups is 2. The summed E-state index contributed by atoms with van der Waals surface area (Å²) in [5.74, 6) is 0. The van der Waals surface area contributed by atoms with E-state index in [-0.39, 0.29) is 6.61 Å². The van der Waals surface area contributed by atoms with E-state index in [1.165, 1.54) is 0 Å². The minimum atomic E-state index is -1.01. The van der Waals surface area contributed by atoms with Crippen LogP contribution in [0, 0.1) is 6.92 Å². The van der Waals surface area contributed by atoms with Gasteiger partial charge >= 0.3 is 6.16 Å². The van der Waals surface area contributed by atoms with Crippen molar-refractivity contribution in [3.05, 3.63) is 6.92 Å². The van der Waals surface area contributed by atoms with Crippen molar-refractivity contribution in [1.82, 2.24) is 0 Å². The molecule has 2 N–H and O–H groups in total. The van der Waals surface area contributed by atoms with Gasteiger partial charge in [-0.05, 0) is 6.92 Å². The Labute approximate surface area is 81.4 Å². The molecule has 0 amide bonds. The van der Waals surface area contributed by atoms with Gasteiger partial charge in [0.2, 0.25) is 0 Å². The highest BCUT2D eigenvalue weighted by Gasteiger charge is 2.32. The lowest BCUT2D eigenvalue weighted by atomic mass is 10.1. The summed E-state index contributed by atoms with van der Waals surface area (Å²) in [5.41, 5.74) is 0. The maximum absolute atomic E-state index is 10.6. The molecule has 6 nitrogen and oxygen atoms in total. The topological polar surface area (TPSA) is 85.2 Å². The second kappa shape index (κ2) is 5.14. The van der Waals surface area contributed by atoms with E-state index in [1.807, 2.05) is 0 Å². The molecule has 1 saturated heterocycles. The zero-order valence-electron chi connectivity index (χ0n) is 7.46. The second-order valence-electron chi connectivity index (χ2n) is 2.85. The molecule has 3 atom stereocenters. The average Bonchev–Trinajstić information content (AvgIpc) is 2.42. The molecule has 0 aromatic rings. The molecule has 0 saturated carbocycles. The van der Waals surface area contributed by atoms with Gasteiger partial charge in [0.05, 0.1) is 12.2 Å². The van der Waals surface area contributed by atoms with E-state index >= 15 is 0 Å². The molecule has 1 heterocycles. The lowest BCUT2D eigenvalue weighted by molar-refractivity contribution is -0.0487. The Morgan fingerprint density at radius 2 is 2.29 bits per heavy atom. The van der Waals surface area contributed by atoms with Gasteiger partial charge in [0.15, 0.2) is 6.79 Å². The first-order valence-electron chi connectivity index (χ1n) is 4.13. The molecule has 6 heteroatoms. The number of aliphatic hydroxyl groups excluding tert-OH is 2. The Hall–Kier alpha value is -0.850. The van der Waals surface area contributed by atoms with Crippen molar-refractivity contribution in [2.24, 2.45) is 0 Å².